The van der Waals surface area contributed by atoms with Crippen LogP contribution in [0.2, 0.25) is 0 Å². The number of amides is 1. The highest BCUT2D eigenvalue weighted by molar-refractivity contribution is 6.10. The molecular weight excluding hydrogens is 238 g/mol. The first-order chi connectivity index (χ1) is 9.31. The van der Waals surface area contributed by atoms with Crippen LogP contribution in [0.4, 0.5) is 11.4 Å². The van der Waals surface area contributed by atoms with Crippen molar-refractivity contribution in [2.75, 3.05) is 16.9 Å². The van der Waals surface area contributed by atoms with Gasteiger partial charge in [-0.2, -0.15) is 0 Å². The van der Waals surface area contributed by atoms with Gasteiger partial charge in [-0.25, -0.2) is 0 Å². The molecule has 0 aliphatic carbocycles. The van der Waals surface area contributed by atoms with E-state index < -0.39 is 0 Å². The number of nitrogens with two attached hydrogens (primary N) is 1. The molecule has 1 aliphatic heterocycles. The molecule has 3 N–H and O–H groups in total. The van der Waals surface area contributed by atoms with Gasteiger partial charge in [-0.1, -0.05) is 30.3 Å². The van der Waals surface area contributed by atoms with Gasteiger partial charge in [-0.3, -0.25) is 10.6 Å². The van der Waals surface area contributed by atoms with Crippen molar-refractivity contribution in [3.63, 3.8) is 0 Å². The van der Waals surface area contributed by atoms with Gasteiger partial charge in [0.1, 0.15) is 0 Å². The summed E-state index contributed by atoms with van der Waals surface area (Å²) in [5, 5.41) is 0. The van der Waals surface area contributed by atoms with E-state index in [1.165, 1.54) is 5.56 Å². The molecule has 2 aromatic rings. The van der Waals surface area contributed by atoms with Crippen LogP contribution in [-0.4, -0.2) is 12.5 Å². The molecule has 0 saturated heterocycles. The number of hydrazine groups is 1. The van der Waals surface area contributed by atoms with Crippen LogP contribution < -0.4 is 16.2 Å². The number of rotatable bonds is 2. The average molecular weight is 253 g/mol. The molecule has 1 amide bonds. The zero-order valence-electron chi connectivity index (χ0n) is 10.5. The highest BCUT2D eigenvalue weighted by atomic mass is 16.2. The third kappa shape index (κ3) is 1.96. The second-order valence-electron chi connectivity index (χ2n) is 4.53. The standard InChI is InChI=1S/C15H15N3O/c16-17-13-7-3-2-6-12(13)15(19)18-10-9-11-5-1-4-8-14(11)18/h1-8,17H,9-10,16H2. The van der Waals surface area contributed by atoms with Crippen molar-refractivity contribution < 1.29 is 4.79 Å². The predicted octanol–water partition coefficient (Wildman–Crippen LogP) is 2.18. The Hall–Kier alpha value is -2.33. The van der Waals surface area contributed by atoms with Gasteiger partial charge >= 0.3 is 0 Å². The maximum absolute atomic E-state index is 12.6. The molecule has 0 fully saturated rings. The van der Waals surface area contributed by atoms with E-state index in [9.17, 15) is 4.79 Å². The van der Waals surface area contributed by atoms with Crippen molar-refractivity contribution in [3.8, 4) is 0 Å². The van der Waals surface area contributed by atoms with Crippen LogP contribution in [0, 0.1) is 0 Å². The third-order valence-corrected chi connectivity index (χ3v) is 3.45. The van der Waals surface area contributed by atoms with Crippen molar-refractivity contribution in [3.05, 3.63) is 59.7 Å². The smallest absolute Gasteiger partial charge is 0.260 e. The summed E-state index contributed by atoms with van der Waals surface area (Å²) in [7, 11) is 0. The summed E-state index contributed by atoms with van der Waals surface area (Å²) in [5.74, 6) is 5.45. The van der Waals surface area contributed by atoms with Crippen molar-refractivity contribution in [1.29, 1.82) is 0 Å². The minimum absolute atomic E-state index is 0.0153. The van der Waals surface area contributed by atoms with Crippen molar-refractivity contribution in [2.45, 2.75) is 6.42 Å². The number of anilines is 2. The molecule has 0 saturated carbocycles. The molecule has 0 aromatic heterocycles. The Morgan fingerprint density at radius 1 is 1.11 bits per heavy atom. The van der Waals surface area contributed by atoms with Gasteiger partial charge in [0.25, 0.3) is 5.91 Å². The number of nitrogens with one attached hydrogen (secondary N) is 1. The zero-order chi connectivity index (χ0) is 13.2. The average Bonchev–Trinajstić information content (AvgIpc) is 2.90. The number of hydrogen-bond donors (Lipinski definition) is 2. The van der Waals surface area contributed by atoms with Gasteiger partial charge in [-0.15, -0.1) is 0 Å². The van der Waals surface area contributed by atoms with E-state index in [1.807, 2.05) is 35.2 Å². The molecule has 0 spiro atoms. The molecule has 0 atom stereocenters. The molecule has 2 aromatic carbocycles. The summed E-state index contributed by atoms with van der Waals surface area (Å²) < 4.78 is 0. The first kappa shape index (κ1) is 11.7. The van der Waals surface area contributed by atoms with Gasteiger partial charge in [-0.05, 0) is 30.2 Å². The molecular formula is C15H15N3O. The second-order valence-corrected chi connectivity index (χ2v) is 4.53. The first-order valence-corrected chi connectivity index (χ1v) is 6.26. The Kier molecular flexibility index (Phi) is 2.93. The fraction of sp³-hybridized carbons (Fsp3) is 0.133. The molecule has 96 valence electrons. The van der Waals surface area contributed by atoms with Crippen LogP contribution in [0.15, 0.2) is 48.5 Å². The fourth-order valence-electron chi connectivity index (χ4n) is 2.49. The highest BCUT2D eigenvalue weighted by Gasteiger charge is 2.26. The normalized spacial score (nSPS) is 13.2. The quantitative estimate of drug-likeness (QED) is 0.637. The Balaban J connectivity index is 1.98. The number of nitrogens with zero attached hydrogens (tertiary/aromatic N) is 1. The van der Waals surface area contributed by atoms with E-state index in [0.29, 0.717) is 11.3 Å². The maximum Gasteiger partial charge on any atom is 0.260 e. The molecule has 4 nitrogen and oxygen atoms in total. The van der Waals surface area contributed by atoms with Crippen LogP contribution in [0.3, 0.4) is 0 Å². The topological polar surface area (TPSA) is 58.4 Å². The molecule has 4 heteroatoms. The summed E-state index contributed by atoms with van der Waals surface area (Å²) in [6.07, 6.45) is 0.903. The number of carbonyl (C=O) groups excluding carboxylic acids is 1. The summed E-state index contributed by atoms with van der Waals surface area (Å²) in [5.41, 5.74) is 6.04. The summed E-state index contributed by atoms with van der Waals surface area (Å²) in [6.45, 7) is 0.719. The number of benzene rings is 2. The summed E-state index contributed by atoms with van der Waals surface area (Å²) >= 11 is 0. The maximum atomic E-state index is 12.6. The Morgan fingerprint density at radius 2 is 1.84 bits per heavy atom. The second kappa shape index (κ2) is 4.74. The lowest BCUT2D eigenvalue weighted by molar-refractivity contribution is 0.0990. The number of carbonyl (C=O) groups is 1. The summed E-state index contributed by atoms with van der Waals surface area (Å²) in [6, 6.07) is 15.3. The van der Waals surface area contributed by atoms with E-state index in [2.05, 4.69) is 11.5 Å². The van der Waals surface area contributed by atoms with E-state index in [4.69, 9.17) is 5.84 Å². The minimum Gasteiger partial charge on any atom is -0.323 e. The number of para-hydroxylation sites is 2. The van der Waals surface area contributed by atoms with E-state index in [-0.39, 0.29) is 5.91 Å². The monoisotopic (exact) mass is 253 g/mol. The molecule has 3 rings (SSSR count). The molecule has 0 radical (unpaired) electrons. The number of nitrogen functional groups attached to an aromatic ring is 1. The van der Waals surface area contributed by atoms with Crippen molar-refractivity contribution in [1.82, 2.24) is 0 Å². The molecule has 0 unspecified atom stereocenters. The molecule has 1 aliphatic rings. The minimum atomic E-state index is -0.0153. The highest BCUT2D eigenvalue weighted by Crippen LogP contribution is 2.30. The first-order valence-electron chi connectivity index (χ1n) is 6.26. The zero-order valence-corrected chi connectivity index (χ0v) is 10.5. The lowest BCUT2D eigenvalue weighted by atomic mass is 10.1. The van der Waals surface area contributed by atoms with E-state index >= 15 is 0 Å². The van der Waals surface area contributed by atoms with Crippen LogP contribution in [0.5, 0.6) is 0 Å². The van der Waals surface area contributed by atoms with Crippen LogP contribution >= 0.6 is 0 Å². The van der Waals surface area contributed by atoms with Crippen LogP contribution in [0.1, 0.15) is 15.9 Å². The van der Waals surface area contributed by atoms with Gasteiger partial charge in [0.2, 0.25) is 0 Å². The van der Waals surface area contributed by atoms with Crippen LogP contribution in [0.25, 0.3) is 0 Å². The van der Waals surface area contributed by atoms with Gasteiger partial charge in [0.15, 0.2) is 0 Å². The van der Waals surface area contributed by atoms with Crippen molar-refractivity contribution >= 4 is 17.3 Å². The lowest BCUT2D eigenvalue weighted by Crippen LogP contribution is -2.30. The lowest BCUT2D eigenvalue weighted by Gasteiger charge is -2.19. The Morgan fingerprint density at radius 3 is 2.68 bits per heavy atom. The number of hydrogen-bond acceptors (Lipinski definition) is 3. The SMILES string of the molecule is NNc1ccccc1C(=O)N1CCc2ccccc21. The van der Waals surface area contributed by atoms with E-state index in [1.54, 1.807) is 12.1 Å². The van der Waals surface area contributed by atoms with Gasteiger partial charge < -0.3 is 10.3 Å². The summed E-state index contributed by atoms with van der Waals surface area (Å²) in [4.78, 5) is 14.4. The van der Waals surface area contributed by atoms with E-state index in [0.717, 1.165) is 18.7 Å². The van der Waals surface area contributed by atoms with Crippen molar-refractivity contribution in [2.24, 2.45) is 5.84 Å². The molecule has 1 heterocycles. The molecule has 0 bridgehead atoms. The third-order valence-electron chi connectivity index (χ3n) is 3.45. The Labute approximate surface area is 111 Å². The largest absolute Gasteiger partial charge is 0.323 e. The molecule has 19 heavy (non-hydrogen) atoms. The Bertz CT molecular complexity index is 624. The van der Waals surface area contributed by atoms with Gasteiger partial charge in [0, 0.05) is 12.2 Å². The van der Waals surface area contributed by atoms with Crippen LogP contribution in [-0.2, 0) is 6.42 Å². The predicted molar refractivity (Wildman–Crippen MR) is 76.1 cm³/mol. The fourth-order valence-corrected chi connectivity index (χ4v) is 2.49. The van der Waals surface area contributed by atoms with Gasteiger partial charge in [0.05, 0.1) is 11.3 Å². The number of fused-ring (bicyclic) bond motifs is 1.